The quantitative estimate of drug-likeness (QED) is 0.683. The Bertz CT molecular complexity index is 363. The van der Waals surface area contributed by atoms with Gasteiger partial charge >= 0.3 is 0 Å². The van der Waals surface area contributed by atoms with Gasteiger partial charge in [0.2, 0.25) is 0 Å². The number of hydrogen-bond acceptors (Lipinski definition) is 3. The van der Waals surface area contributed by atoms with Crippen molar-refractivity contribution < 1.29 is 4.79 Å². The lowest BCUT2D eigenvalue weighted by atomic mass is 9.82. The van der Waals surface area contributed by atoms with E-state index in [0.29, 0.717) is 17.7 Å². The molecule has 0 saturated heterocycles. The Balaban J connectivity index is 2.01. The highest BCUT2D eigenvalue weighted by atomic mass is 16.1. The van der Waals surface area contributed by atoms with Gasteiger partial charge < -0.3 is 0 Å². The van der Waals surface area contributed by atoms with Crippen LogP contribution in [0.3, 0.4) is 0 Å². The molecule has 1 aromatic rings. The van der Waals surface area contributed by atoms with Crippen LogP contribution in [0.1, 0.15) is 60.2 Å². The van der Waals surface area contributed by atoms with Crippen molar-refractivity contribution >= 4 is 6.29 Å². The van der Waals surface area contributed by atoms with Crippen LogP contribution in [0.25, 0.3) is 0 Å². The van der Waals surface area contributed by atoms with Crippen LogP contribution in [0.15, 0.2) is 0 Å². The van der Waals surface area contributed by atoms with E-state index in [0.717, 1.165) is 12.0 Å². The zero-order valence-electron chi connectivity index (χ0n) is 8.02. The molecule has 2 fully saturated rings. The van der Waals surface area contributed by atoms with Gasteiger partial charge in [0.05, 0.1) is 11.7 Å². The van der Waals surface area contributed by atoms with Gasteiger partial charge in [-0.2, -0.15) is 0 Å². The lowest BCUT2D eigenvalue weighted by Gasteiger charge is -2.25. The molecule has 1 aromatic heterocycles. The summed E-state index contributed by atoms with van der Waals surface area (Å²) in [5, 5.41) is 8.03. The van der Waals surface area contributed by atoms with E-state index < -0.39 is 0 Å². The minimum atomic E-state index is 0.534. The molecule has 2 aliphatic carbocycles. The Morgan fingerprint density at radius 2 is 2.07 bits per heavy atom. The van der Waals surface area contributed by atoms with E-state index in [1.807, 2.05) is 4.68 Å². The zero-order chi connectivity index (χ0) is 9.54. The first-order chi connectivity index (χ1) is 6.90. The first-order valence-corrected chi connectivity index (χ1v) is 5.30. The summed E-state index contributed by atoms with van der Waals surface area (Å²) < 4.78 is 1.99. The number of carbonyl (C=O) groups excluding carboxylic acids is 1. The van der Waals surface area contributed by atoms with Crippen LogP contribution in [-0.2, 0) is 0 Å². The average molecular weight is 191 g/mol. The maximum Gasteiger partial charge on any atom is 0.172 e. The molecule has 0 N–H and O–H groups in total. The second-order valence-electron chi connectivity index (χ2n) is 4.28. The van der Waals surface area contributed by atoms with E-state index in [-0.39, 0.29) is 0 Å². The first-order valence-electron chi connectivity index (χ1n) is 5.30. The van der Waals surface area contributed by atoms with Gasteiger partial charge in [0.15, 0.2) is 6.29 Å². The zero-order valence-corrected chi connectivity index (χ0v) is 8.02. The van der Waals surface area contributed by atoms with Crippen molar-refractivity contribution in [3.05, 3.63) is 11.4 Å². The SMILES string of the molecule is O=Cc1nnn(C2CC2)c1C1CCC1. The maximum absolute atomic E-state index is 10.8. The van der Waals surface area contributed by atoms with Gasteiger partial charge in [-0.3, -0.25) is 4.79 Å². The summed E-state index contributed by atoms with van der Waals surface area (Å²) in [6.45, 7) is 0. The third-order valence-corrected chi connectivity index (χ3v) is 3.25. The third kappa shape index (κ3) is 1.10. The predicted molar refractivity (Wildman–Crippen MR) is 50.3 cm³/mol. The standard InChI is InChI=1S/C10H13N3O/c14-6-9-10(7-2-1-3-7)13(12-11-9)8-4-5-8/h6-8H,1-5H2. The smallest absolute Gasteiger partial charge is 0.172 e. The molecule has 4 heteroatoms. The Labute approximate surface area is 82.3 Å². The van der Waals surface area contributed by atoms with Crippen molar-refractivity contribution in [3.63, 3.8) is 0 Å². The second-order valence-corrected chi connectivity index (χ2v) is 4.28. The molecule has 0 bridgehead atoms. The Hall–Kier alpha value is -1.19. The van der Waals surface area contributed by atoms with E-state index in [2.05, 4.69) is 10.3 Å². The Kier molecular flexibility index (Phi) is 1.69. The van der Waals surface area contributed by atoms with Crippen LogP contribution >= 0.6 is 0 Å². The summed E-state index contributed by atoms with van der Waals surface area (Å²) in [5.74, 6) is 0.547. The van der Waals surface area contributed by atoms with Gasteiger partial charge in [0, 0.05) is 5.92 Å². The summed E-state index contributed by atoms with van der Waals surface area (Å²) in [5.41, 5.74) is 1.68. The van der Waals surface area contributed by atoms with Gasteiger partial charge in [-0.15, -0.1) is 5.10 Å². The van der Waals surface area contributed by atoms with Crippen molar-refractivity contribution in [2.45, 2.75) is 44.1 Å². The largest absolute Gasteiger partial charge is 0.296 e. The molecule has 0 unspecified atom stereocenters. The lowest BCUT2D eigenvalue weighted by molar-refractivity contribution is 0.111. The average Bonchev–Trinajstić information content (AvgIpc) is 2.86. The molecular weight excluding hydrogens is 178 g/mol. The first kappa shape index (κ1) is 8.15. The molecule has 0 atom stereocenters. The molecule has 0 aromatic carbocycles. The fourth-order valence-electron chi connectivity index (χ4n) is 2.06. The maximum atomic E-state index is 10.8. The monoisotopic (exact) mass is 191 g/mol. The third-order valence-electron chi connectivity index (χ3n) is 3.25. The van der Waals surface area contributed by atoms with Crippen LogP contribution in [-0.4, -0.2) is 21.3 Å². The van der Waals surface area contributed by atoms with Gasteiger partial charge in [-0.1, -0.05) is 11.6 Å². The topological polar surface area (TPSA) is 47.8 Å². The number of aromatic nitrogens is 3. The Morgan fingerprint density at radius 3 is 2.57 bits per heavy atom. The van der Waals surface area contributed by atoms with Crippen molar-refractivity contribution in [3.8, 4) is 0 Å². The van der Waals surface area contributed by atoms with E-state index >= 15 is 0 Å². The normalized spacial score (nSPS) is 22.0. The van der Waals surface area contributed by atoms with Crippen LogP contribution in [0.2, 0.25) is 0 Å². The van der Waals surface area contributed by atoms with Crippen molar-refractivity contribution in [2.24, 2.45) is 0 Å². The predicted octanol–water partition coefficient (Wildman–Crippen LogP) is 1.69. The molecule has 2 saturated carbocycles. The van der Waals surface area contributed by atoms with Crippen LogP contribution in [0.4, 0.5) is 0 Å². The molecule has 3 rings (SSSR count). The number of hydrogen-bond donors (Lipinski definition) is 0. The molecule has 0 amide bonds. The minimum Gasteiger partial charge on any atom is -0.296 e. The molecule has 0 radical (unpaired) electrons. The molecule has 0 aliphatic heterocycles. The van der Waals surface area contributed by atoms with Crippen LogP contribution in [0.5, 0.6) is 0 Å². The molecule has 2 aliphatic rings. The van der Waals surface area contributed by atoms with Gasteiger partial charge in [-0.25, -0.2) is 4.68 Å². The number of rotatable bonds is 3. The van der Waals surface area contributed by atoms with Crippen LogP contribution in [0, 0.1) is 0 Å². The molecular formula is C10H13N3O. The summed E-state index contributed by atoms with van der Waals surface area (Å²) in [7, 11) is 0. The molecule has 74 valence electrons. The van der Waals surface area contributed by atoms with E-state index in [1.54, 1.807) is 0 Å². The van der Waals surface area contributed by atoms with Crippen molar-refractivity contribution in [1.82, 2.24) is 15.0 Å². The fourth-order valence-corrected chi connectivity index (χ4v) is 2.06. The van der Waals surface area contributed by atoms with Gasteiger partial charge in [-0.05, 0) is 25.7 Å². The van der Waals surface area contributed by atoms with Crippen LogP contribution < -0.4 is 0 Å². The number of nitrogens with zero attached hydrogens (tertiary/aromatic N) is 3. The second kappa shape index (κ2) is 2.90. The summed E-state index contributed by atoms with van der Waals surface area (Å²) in [6.07, 6.45) is 6.91. The van der Waals surface area contributed by atoms with Gasteiger partial charge in [0.1, 0.15) is 5.69 Å². The molecule has 4 nitrogen and oxygen atoms in total. The van der Waals surface area contributed by atoms with E-state index in [1.165, 1.54) is 32.1 Å². The molecule has 14 heavy (non-hydrogen) atoms. The minimum absolute atomic E-state index is 0.534. The highest BCUT2D eigenvalue weighted by Gasteiger charge is 2.33. The molecule has 1 heterocycles. The Morgan fingerprint density at radius 1 is 1.29 bits per heavy atom. The van der Waals surface area contributed by atoms with Crippen molar-refractivity contribution in [1.29, 1.82) is 0 Å². The number of aldehydes is 1. The fraction of sp³-hybridized carbons (Fsp3) is 0.700. The highest BCUT2D eigenvalue weighted by molar-refractivity contribution is 5.73. The van der Waals surface area contributed by atoms with Gasteiger partial charge in [0.25, 0.3) is 0 Å². The summed E-state index contributed by atoms with van der Waals surface area (Å²) >= 11 is 0. The summed E-state index contributed by atoms with van der Waals surface area (Å²) in [6, 6.07) is 0.534. The number of carbonyl (C=O) groups is 1. The van der Waals surface area contributed by atoms with E-state index in [4.69, 9.17) is 0 Å². The lowest BCUT2D eigenvalue weighted by Crippen LogP contribution is -2.16. The molecule has 0 spiro atoms. The van der Waals surface area contributed by atoms with E-state index in [9.17, 15) is 4.79 Å². The summed E-state index contributed by atoms with van der Waals surface area (Å²) in [4.78, 5) is 10.8. The van der Waals surface area contributed by atoms with Crippen molar-refractivity contribution in [2.75, 3.05) is 0 Å². The highest BCUT2D eigenvalue weighted by Crippen LogP contribution is 2.42.